The van der Waals surface area contributed by atoms with Gasteiger partial charge in [-0.3, -0.25) is 4.79 Å². The van der Waals surface area contributed by atoms with Crippen LogP contribution in [0.25, 0.3) is 0 Å². The zero-order valence-electron chi connectivity index (χ0n) is 16.0. The van der Waals surface area contributed by atoms with Gasteiger partial charge in [0.2, 0.25) is 5.91 Å². The molecule has 2 N–H and O–H groups in total. The van der Waals surface area contributed by atoms with Crippen molar-refractivity contribution in [3.63, 3.8) is 0 Å². The summed E-state index contributed by atoms with van der Waals surface area (Å²) in [6, 6.07) is 6.49. The topological polar surface area (TPSA) is 75.2 Å². The van der Waals surface area contributed by atoms with Gasteiger partial charge in [0.05, 0.1) is 19.2 Å². The van der Waals surface area contributed by atoms with Crippen molar-refractivity contribution in [1.29, 1.82) is 0 Å². The van der Waals surface area contributed by atoms with Gasteiger partial charge in [-0.25, -0.2) is 4.99 Å². The quantitative estimate of drug-likeness (QED) is 0.318. The fourth-order valence-electron chi connectivity index (χ4n) is 2.52. The molecular formula is C18H27F2IN4O3. The second kappa shape index (κ2) is 12.7. The van der Waals surface area contributed by atoms with Crippen molar-refractivity contribution in [2.75, 3.05) is 33.8 Å². The van der Waals surface area contributed by atoms with Crippen molar-refractivity contribution in [2.24, 2.45) is 4.99 Å². The van der Waals surface area contributed by atoms with E-state index in [1.165, 1.54) is 11.0 Å². The van der Waals surface area contributed by atoms with Crippen LogP contribution in [0.3, 0.4) is 0 Å². The van der Waals surface area contributed by atoms with Crippen molar-refractivity contribution >= 4 is 35.8 Å². The molecule has 0 radical (unpaired) electrons. The summed E-state index contributed by atoms with van der Waals surface area (Å²) < 4.78 is 35.2. The Labute approximate surface area is 180 Å². The number of para-hydroxylation sites is 1. The van der Waals surface area contributed by atoms with Gasteiger partial charge in [0.15, 0.2) is 5.96 Å². The van der Waals surface area contributed by atoms with E-state index >= 15 is 0 Å². The fraction of sp³-hybridized carbons (Fsp3) is 0.556. The Morgan fingerprint density at radius 1 is 1.36 bits per heavy atom. The summed E-state index contributed by atoms with van der Waals surface area (Å²) in [5.74, 6) is 0.384. The summed E-state index contributed by atoms with van der Waals surface area (Å²) in [6.07, 6.45) is 2.07. The number of ether oxygens (including phenoxy) is 2. The summed E-state index contributed by atoms with van der Waals surface area (Å²) in [4.78, 5) is 17.7. The lowest BCUT2D eigenvalue weighted by Gasteiger charge is -2.17. The van der Waals surface area contributed by atoms with Crippen LogP contribution in [0.2, 0.25) is 0 Å². The van der Waals surface area contributed by atoms with Crippen LogP contribution in [0.4, 0.5) is 8.78 Å². The highest BCUT2D eigenvalue weighted by atomic mass is 127. The van der Waals surface area contributed by atoms with Gasteiger partial charge in [0.1, 0.15) is 5.75 Å². The maximum atomic E-state index is 12.5. The number of rotatable bonds is 8. The van der Waals surface area contributed by atoms with E-state index in [-0.39, 0.29) is 54.8 Å². The first-order valence-electron chi connectivity index (χ1n) is 8.82. The molecule has 10 heteroatoms. The van der Waals surface area contributed by atoms with Gasteiger partial charge in [-0.2, -0.15) is 8.78 Å². The van der Waals surface area contributed by atoms with E-state index < -0.39 is 6.61 Å². The highest BCUT2D eigenvalue weighted by Gasteiger charge is 2.16. The number of aliphatic imine (C=N–C) groups is 1. The second-order valence-corrected chi connectivity index (χ2v) is 6.31. The SMILES string of the molecule is CN(C)C(=O)CNC(=NCc1ccccc1OC(F)F)NCC1CCCO1.I. The summed E-state index contributed by atoms with van der Waals surface area (Å²) in [5, 5.41) is 6.10. The number of alkyl halides is 2. The van der Waals surface area contributed by atoms with Crippen molar-refractivity contribution < 1.29 is 23.0 Å². The summed E-state index contributed by atoms with van der Waals surface area (Å²) in [5.41, 5.74) is 0.523. The monoisotopic (exact) mass is 512 g/mol. The molecule has 1 saturated heterocycles. The van der Waals surface area contributed by atoms with E-state index in [2.05, 4.69) is 20.4 Å². The molecule has 1 unspecified atom stereocenters. The zero-order chi connectivity index (χ0) is 19.6. The van der Waals surface area contributed by atoms with Crippen molar-refractivity contribution in [3.8, 4) is 5.75 Å². The Morgan fingerprint density at radius 2 is 2.11 bits per heavy atom. The standard InChI is InChI=1S/C18H26F2N4O3.HI/c1-24(2)16(25)12-23-18(22-11-14-7-5-9-26-14)21-10-13-6-3-4-8-15(13)27-17(19)20;/h3-4,6,8,14,17H,5,7,9-12H2,1-2H3,(H2,21,22,23);1H. The highest BCUT2D eigenvalue weighted by Crippen LogP contribution is 2.21. The molecule has 0 aliphatic carbocycles. The molecule has 1 heterocycles. The largest absolute Gasteiger partial charge is 0.434 e. The molecule has 0 bridgehead atoms. The summed E-state index contributed by atoms with van der Waals surface area (Å²) in [7, 11) is 3.33. The molecule has 1 fully saturated rings. The molecule has 1 atom stereocenters. The van der Waals surface area contributed by atoms with Gasteiger partial charge >= 0.3 is 6.61 Å². The number of likely N-dealkylation sites (N-methyl/N-ethyl adjacent to an activating group) is 1. The van der Waals surface area contributed by atoms with Crippen LogP contribution in [0, 0.1) is 0 Å². The highest BCUT2D eigenvalue weighted by molar-refractivity contribution is 14.0. The minimum atomic E-state index is -2.90. The van der Waals surface area contributed by atoms with E-state index in [1.807, 2.05) is 0 Å². The molecule has 2 rings (SSSR count). The number of amides is 1. The third-order valence-corrected chi connectivity index (χ3v) is 4.02. The Bertz CT molecular complexity index is 641. The van der Waals surface area contributed by atoms with Gasteiger partial charge in [-0.05, 0) is 18.9 Å². The number of carbonyl (C=O) groups excluding carboxylic acids is 1. The number of guanidine groups is 1. The molecule has 7 nitrogen and oxygen atoms in total. The lowest BCUT2D eigenvalue weighted by molar-refractivity contribution is -0.127. The maximum absolute atomic E-state index is 12.5. The van der Waals surface area contributed by atoms with Gasteiger partial charge in [-0.15, -0.1) is 24.0 Å². The molecular weight excluding hydrogens is 485 g/mol. The van der Waals surface area contributed by atoms with Gasteiger partial charge in [-0.1, -0.05) is 18.2 Å². The molecule has 0 spiro atoms. The van der Waals surface area contributed by atoms with E-state index in [1.54, 1.807) is 32.3 Å². The van der Waals surface area contributed by atoms with Crippen LogP contribution in [0.15, 0.2) is 29.3 Å². The summed E-state index contributed by atoms with van der Waals surface area (Å²) in [6.45, 7) is -1.41. The van der Waals surface area contributed by atoms with Crippen LogP contribution in [0.5, 0.6) is 5.75 Å². The first-order valence-corrected chi connectivity index (χ1v) is 8.82. The van der Waals surface area contributed by atoms with E-state index in [9.17, 15) is 13.6 Å². The van der Waals surface area contributed by atoms with Crippen LogP contribution in [-0.2, 0) is 16.1 Å². The van der Waals surface area contributed by atoms with Crippen LogP contribution >= 0.6 is 24.0 Å². The average molecular weight is 512 g/mol. The molecule has 1 aliphatic heterocycles. The van der Waals surface area contributed by atoms with Crippen molar-refractivity contribution in [3.05, 3.63) is 29.8 Å². The normalized spacial score (nSPS) is 16.5. The molecule has 0 saturated carbocycles. The zero-order valence-corrected chi connectivity index (χ0v) is 18.3. The first-order chi connectivity index (χ1) is 13.0. The molecule has 1 aromatic rings. The molecule has 0 aromatic heterocycles. The third-order valence-electron chi connectivity index (χ3n) is 4.02. The number of nitrogens with zero attached hydrogens (tertiary/aromatic N) is 2. The van der Waals surface area contributed by atoms with Crippen molar-refractivity contribution in [2.45, 2.75) is 32.1 Å². The lowest BCUT2D eigenvalue weighted by Crippen LogP contribution is -2.45. The maximum Gasteiger partial charge on any atom is 0.387 e. The van der Waals surface area contributed by atoms with Crippen LogP contribution in [-0.4, -0.2) is 63.3 Å². The molecule has 1 aliphatic rings. The smallest absolute Gasteiger partial charge is 0.387 e. The number of nitrogens with one attached hydrogen (secondary N) is 2. The minimum absolute atomic E-state index is 0. The molecule has 158 valence electrons. The number of halogens is 3. The number of benzene rings is 1. The van der Waals surface area contributed by atoms with E-state index in [0.717, 1.165) is 19.4 Å². The predicted octanol–water partition coefficient (Wildman–Crippen LogP) is 2.21. The molecule has 1 amide bonds. The summed E-state index contributed by atoms with van der Waals surface area (Å²) >= 11 is 0. The number of hydrogen-bond donors (Lipinski definition) is 2. The van der Waals surface area contributed by atoms with E-state index in [4.69, 9.17) is 4.74 Å². The Hall–Kier alpha value is -1.69. The molecule has 28 heavy (non-hydrogen) atoms. The second-order valence-electron chi connectivity index (χ2n) is 6.31. The fourth-order valence-corrected chi connectivity index (χ4v) is 2.52. The minimum Gasteiger partial charge on any atom is -0.434 e. The van der Waals surface area contributed by atoms with Gasteiger partial charge in [0, 0.05) is 32.8 Å². The number of carbonyl (C=O) groups is 1. The number of hydrogen-bond acceptors (Lipinski definition) is 4. The first kappa shape index (κ1) is 24.3. The van der Waals surface area contributed by atoms with Crippen LogP contribution < -0.4 is 15.4 Å². The third kappa shape index (κ3) is 8.55. The van der Waals surface area contributed by atoms with E-state index in [0.29, 0.717) is 18.1 Å². The molecule has 1 aromatic carbocycles. The average Bonchev–Trinajstić information content (AvgIpc) is 3.15. The van der Waals surface area contributed by atoms with Gasteiger partial charge in [0.25, 0.3) is 0 Å². The Morgan fingerprint density at radius 3 is 2.75 bits per heavy atom. The Balaban J connectivity index is 0.00000392. The van der Waals surface area contributed by atoms with Crippen LogP contribution in [0.1, 0.15) is 18.4 Å². The Kier molecular flexibility index (Phi) is 11.0. The van der Waals surface area contributed by atoms with Gasteiger partial charge < -0.3 is 25.0 Å². The predicted molar refractivity (Wildman–Crippen MR) is 113 cm³/mol. The van der Waals surface area contributed by atoms with Crippen molar-refractivity contribution in [1.82, 2.24) is 15.5 Å². The lowest BCUT2D eigenvalue weighted by atomic mass is 10.2.